The molecule has 0 aliphatic heterocycles. The van der Waals surface area contributed by atoms with E-state index in [4.69, 9.17) is 23.2 Å². The minimum atomic E-state index is -0.0886. The summed E-state index contributed by atoms with van der Waals surface area (Å²) in [7, 11) is 0. The van der Waals surface area contributed by atoms with Gasteiger partial charge in [0.25, 0.3) is 0 Å². The second-order valence-corrected chi connectivity index (χ2v) is 6.70. The van der Waals surface area contributed by atoms with Gasteiger partial charge in [-0.2, -0.15) is 0 Å². The van der Waals surface area contributed by atoms with Gasteiger partial charge in [-0.05, 0) is 31.5 Å². The third-order valence-corrected chi connectivity index (χ3v) is 4.46. The lowest BCUT2D eigenvalue weighted by Gasteiger charge is -2.10. The molecule has 0 radical (unpaired) electrons. The number of nitrogens with one attached hydrogen (secondary N) is 1. The number of rotatable bonds is 6. The second-order valence-electron chi connectivity index (χ2n) is 4.92. The Morgan fingerprint density at radius 2 is 2.18 bits per heavy atom. The minimum Gasteiger partial charge on any atom is -0.351 e. The first-order valence-corrected chi connectivity index (χ1v) is 8.44. The number of thioether (sulfide) groups is 1. The lowest BCUT2D eigenvalue weighted by atomic mass is 10.2. The maximum atomic E-state index is 11.9. The van der Waals surface area contributed by atoms with Crippen LogP contribution in [0.25, 0.3) is 0 Å². The molecule has 1 N–H and O–H groups in total. The Morgan fingerprint density at radius 1 is 1.41 bits per heavy atom. The molecule has 0 spiro atoms. The van der Waals surface area contributed by atoms with E-state index in [2.05, 4.69) is 15.5 Å². The molecule has 5 nitrogen and oxygen atoms in total. The summed E-state index contributed by atoms with van der Waals surface area (Å²) >= 11 is 13.3. The number of hydrogen-bond acceptors (Lipinski definition) is 4. The van der Waals surface area contributed by atoms with Gasteiger partial charge in [0, 0.05) is 22.6 Å². The van der Waals surface area contributed by atoms with Crippen molar-refractivity contribution >= 4 is 40.9 Å². The van der Waals surface area contributed by atoms with Crippen molar-refractivity contribution in [1.82, 2.24) is 20.1 Å². The van der Waals surface area contributed by atoms with Crippen molar-refractivity contribution < 1.29 is 4.79 Å². The van der Waals surface area contributed by atoms with Gasteiger partial charge in [0.2, 0.25) is 5.91 Å². The Hall–Kier alpha value is -1.24. The van der Waals surface area contributed by atoms with Crippen LogP contribution in [0.2, 0.25) is 10.0 Å². The number of halogens is 2. The summed E-state index contributed by atoms with van der Waals surface area (Å²) in [5.74, 6) is 0.186. The van der Waals surface area contributed by atoms with Crippen molar-refractivity contribution in [3.05, 3.63) is 40.1 Å². The smallest absolute Gasteiger partial charge is 0.230 e. The molecule has 0 unspecified atom stereocenters. The summed E-state index contributed by atoms with van der Waals surface area (Å²) in [6, 6.07) is 5.46. The van der Waals surface area contributed by atoms with Gasteiger partial charge < -0.3 is 9.88 Å². The van der Waals surface area contributed by atoms with Crippen LogP contribution < -0.4 is 5.32 Å². The molecule has 118 valence electrons. The molecule has 0 aliphatic rings. The van der Waals surface area contributed by atoms with Crippen LogP contribution in [-0.2, 0) is 11.3 Å². The molecule has 0 saturated heterocycles. The van der Waals surface area contributed by atoms with E-state index in [-0.39, 0.29) is 17.7 Å². The molecule has 2 aromatic rings. The van der Waals surface area contributed by atoms with Crippen LogP contribution in [-0.4, -0.2) is 26.4 Å². The highest BCUT2D eigenvalue weighted by atomic mass is 35.5. The van der Waals surface area contributed by atoms with Gasteiger partial charge in [-0.25, -0.2) is 0 Å². The number of carbonyl (C=O) groups is 1. The van der Waals surface area contributed by atoms with Gasteiger partial charge in [0.05, 0.1) is 5.75 Å². The van der Waals surface area contributed by atoms with Crippen LogP contribution in [0.1, 0.15) is 25.5 Å². The maximum Gasteiger partial charge on any atom is 0.230 e. The number of hydrogen-bond donors (Lipinski definition) is 1. The standard InChI is InChI=1S/C14H16Cl2N4OS/c1-9(2)20-8-18-19-14(20)22-7-13(21)17-6-10-3-4-11(15)5-12(10)16/h3-5,8-9H,6-7H2,1-2H3,(H,17,21). The van der Waals surface area contributed by atoms with E-state index in [1.807, 2.05) is 18.4 Å². The Kier molecular flexibility index (Phi) is 6.11. The van der Waals surface area contributed by atoms with Crippen molar-refractivity contribution in [2.75, 3.05) is 5.75 Å². The monoisotopic (exact) mass is 358 g/mol. The van der Waals surface area contributed by atoms with Crippen LogP contribution in [0.5, 0.6) is 0 Å². The molecule has 0 fully saturated rings. The molecule has 0 saturated carbocycles. The first-order chi connectivity index (χ1) is 10.5. The lowest BCUT2D eigenvalue weighted by Crippen LogP contribution is -2.25. The fourth-order valence-electron chi connectivity index (χ4n) is 1.73. The van der Waals surface area contributed by atoms with Crippen molar-refractivity contribution in [2.45, 2.75) is 31.6 Å². The van der Waals surface area contributed by atoms with E-state index in [9.17, 15) is 4.79 Å². The van der Waals surface area contributed by atoms with E-state index < -0.39 is 0 Å². The van der Waals surface area contributed by atoms with Crippen molar-refractivity contribution in [1.29, 1.82) is 0 Å². The Morgan fingerprint density at radius 3 is 2.86 bits per heavy atom. The first kappa shape index (κ1) is 17.1. The summed E-state index contributed by atoms with van der Waals surface area (Å²) in [6.07, 6.45) is 1.67. The van der Waals surface area contributed by atoms with E-state index in [0.717, 1.165) is 10.7 Å². The topological polar surface area (TPSA) is 59.8 Å². The highest BCUT2D eigenvalue weighted by Crippen LogP contribution is 2.21. The van der Waals surface area contributed by atoms with Gasteiger partial charge in [-0.15, -0.1) is 10.2 Å². The number of aromatic nitrogens is 3. The Balaban J connectivity index is 1.84. The molecule has 1 aromatic heterocycles. The summed E-state index contributed by atoms with van der Waals surface area (Å²) in [5, 5.41) is 12.5. The number of amides is 1. The summed E-state index contributed by atoms with van der Waals surface area (Å²) < 4.78 is 1.92. The van der Waals surface area contributed by atoms with Gasteiger partial charge in [0.1, 0.15) is 6.33 Å². The molecule has 1 heterocycles. The molecule has 2 rings (SSSR count). The largest absolute Gasteiger partial charge is 0.351 e. The molecular formula is C14H16Cl2N4OS. The molecule has 1 aromatic carbocycles. The average molecular weight is 359 g/mol. The molecular weight excluding hydrogens is 343 g/mol. The van der Waals surface area contributed by atoms with Gasteiger partial charge in [-0.3, -0.25) is 4.79 Å². The molecule has 8 heteroatoms. The zero-order valence-electron chi connectivity index (χ0n) is 12.2. The van der Waals surface area contributed by atoms with Crippen LogP contribution >= 0.6 is 35.0 Å². The van der Waals surface area contributed by atoms with E-state index in [1.54, 1.807) is 24.5 Å². The molecule has 0 atom stereocenters. The fraction of sp³-hybridized carbons (Fsp3) is 0.357. The van der Waals surface area contributed by atoms with Crippen LogP contribution in [0.3, 0.4) is 0 Å². The van der Waals surface area contributed by atoms with Crippen molar-refractivity contribution in [2.24, 2.45) is 0 Å². The SMILES string of the molecule is CC(C)n1cnnc1SCC(=O)NCc1ccc(Cl)cc1Cl. The lowest BCUT2D eigenvalue weighted by molar-refractivity contribution is -0.118. The van der Waals surface area contributed by atoms with Crippen LogP contribution in [0, 0.1) is 0 Å². The normalized spacial score (nSPS) is 11.0. The van der Waals surface area contributed by atoms with Gasteiger partial charge in [0.15, 0.2) is 5.16 Å². The number of nitrogens with zero attached hydrogens (tertiary/aromatic N) is 3. The van der Waals surface area contributed by atoms with Crippen molar-refractivity contribution in [3.8, 4) is 0 Å². The van der Waals surface area contributed by atoms with Gasteiger partial charge in [-0.1, -0.05) is 41.0 Å². The fourth-order valence-corrected chi connectivity index (χ4v) is 3.08. The van der Waals surface area contributed by atoms with Crippen molar-refractivity contribution in [3.63, 3.8) is 0 Å². The number of carbonyl (C=O) groups excluding carboxylic acids is 1. The zero-order chi connectivity index (χ0) is 16.1. The second kappa shape index (κ2) is 7.85. The molecule has 0 bridgehead atoms. The summed E-state index contributed by atoms with van der Waals surface area (Å²) in [5.41, 5.74) is 0.828. The zero-order valence-corrected chi connectivity index (χ0v) is 14.5. The van der Waals surface area contributed by atoms with E-state index in [1.165, 1.54) is 11.8 Å². The third-order valence-electron chi connectivity index (χ3n) is 2.92. The third kappa shape index (κ3) is 4.63. The Labute approximate surface area is 143 Å². The Bertz CT molecular complexity index is 660. The summed E-state index contributed by atoms with van der Waals surface area (Å²) in [4.78, 5) is 11.9. The average Bonchev–Trinajstić information content (AvgIpc) is 2.92. The molecule has 0 aliphatic carbocycles. The number of benzene rings is 1. The predicted molar refractivity (Wildman–Crippen MR) is 89.4 cm³/mol. The van der Waals surface area contributed by atoms with Crippen LogP contribution in [0.15, 0.2) is 29.7 Å². The quantitative estimate of drug-likeness (QED) is 0.801. The first-order valence-electron chi connectivity index (χ1n) is 6.70. The summed E-state index contributed by atoms with van der Waals surface area (Å²) in [6.45, 7) is 4.44. The highest BCUT2D eigenvalue weighted by Gasteiger charge is 2.11. The van der Waals surface area contributed by atoms with Gasteiger partial charge >= 0.3 is 0 Å². The highest BCUT2D eigenvalue weighted by molar-refractivity contribution is 7.99. The van der Waals surface area contributed by atoms with E-state index >= 15 is 0 Å². The minimum absolute atomic E-state index is 0.0886. The van der Waals surface area contributed by atoms with E-state index in [0.29, 0.717) is 16.6 Å². The molecule has 1 amide bonds. The van der Waals surface area contributed by atoms with Crippen LogP contribution in [0.4, 0.5) is 0 Å². The predicted octanol–water partition coefficient (Wildman–Crippen LogP) is 3.57. The maximum absolute atomic E-state index is 11.9. The molecule has 22 heavy (non-hydrogen) atoms.